The zero-order valence-corrected chi connectivity index (χ0v) is 15.6. The third kappa shape index (κ3) is 3.42. The summed E-state index contributed by atoms with van der Waals surface area (Å²) in [6, 6.07) is 6.79. The van der Waals surface area contributed by atoms with Gasteiger partial charge in [0, 0.05) is 12.6 Å². The molecule has 150 valence electrons. The van der Waals surface area contributed by atoms with Gasteiger partial charge in [0.05, 0.1) is 16.9 Å². The van der Waals surface area contributed by atoms with Crippen LogP contribution in [0, 0.1) is 11.3 Å². The number of nitrogens with zero attached hydrogens (tertiary/aromatic N) is 3. The highest BCUT2D eigenvalue weighted by atomic mass is 16.6. The summed E-state index contributed by atoms with van der Waals surface area (Å²) in [4.78, 5) is 11.8. The number of rotatable bonds is 7. The van der Waals surface area contributed by atoms with Crippen LogP contribution in [0.15, 0.2) is 24.4 Å². The Hall–Kier alpha value is -2.67. The summed E-state index contributed by atoms with van der Waals surface area (Å²) >= 11 is 0. The standard InChI is InChI=1S/C19H24N4O5/c1-2-3-4-5-16(24)27-10-14-17(25)18(26)19(11-20,28-14)15-7-6-13-12(21)8-9-22-23(13)15/h6-9,14,17-18,25-26H,2-5,10,21H2,1H3/t14-,17-,18-,19+/m1/s1. The van der Waals surface area contributed by atoms with Crippen molar-refractivity contribution in [3.8, 4) is 6.07 Å². The van der Waals surface area contributed by atoms with Gasteiger partial charge in [-0.1, -0.05) is 19.8 Å². The summed E-state index contributed by atoms with van der Waals surface area (Å²) in [5.41, 5.74) is 5.28. The minimum Gasteiger partial charge on any atom is -0.463 e. The van der Waals surface area contributed by atoms with Gasteiger partial charge in [-0.05, 0) is 24.6 Å². The van der Waals surface area contributed by atoms with Gasteiger partial charge in [-0.3, -0.25) is 4.79 Å². The molecule has 0 radical (unpaired) electrons. The van der Waals surface area contributed by atoms with Crippen molar-refractivity contribution in [2.75, 3.05) is 12.3 Å². The van der Waals surface area contributed by atoms with E-state index in [4.69, 9.17) is 15.2 Å². The number of anilines is 1. The Morgan fingerprint density at radius 1 is 1.43 bits per heavy atom. The summed E-state index contributed by atoms with van der Waals surface area (Å²) in [7, 11) is 0. The van der Waals surface area contributed by atoms with Gasteiger partial charge in [-0.2, -0.15) is 10.4 Å². The number of carbonyl (C=O) groups excluding carboxylic acids is 1. The maximum Gasteiger partial charge on any atom is 0.305 e. The lowest BCUT2D eigenvalue weighted by Crippen LogP contribution is -2.41. The highest BCUT2D eigenvalue weighted by Crippen LogP contribution is 2.40. The second kappa shape index (κ2) is 8.14. The number of hydrogen-bond donors (Lipinski definition) is 3. The van der Waals surface area contributed by atoms with E-state index in [2.05, 4.69) is 5.10 Å². The maximum atomic E-state index is 11.8. The fourth-order valence-electron chi connectivity index (χ4n) is 3.40. The van der Waals surface area contributed by atoms with Crippen molar-refractivity contribution >= 4 is 17.2 Å². The molecule has 0 aliphatic carbocycles. The van der Waals surface area contributed by atoms with E-state index in [0.717, 1.165) is 19.3 Å². The zero-order chi connectivity index (χ0) is 20.3. The van der Waals surface area contributed by atoms with Crippen molar-refractivity contribution < 1.29 is 24.5 Å². The van der Waals surface area contributed by atoms with Crippen LogP contribution in [0.4, 0.5) is 5.69 Å². The largest absolute Gasteiger partial charge is 0.463 e. The summed E-state index contributed by atoms with van der Waals surface area (Å²) in [5.74, 6) is -0.407. The molecule has 0 bridgehead atoms. The molecule has 9 heteroatoms. The molecule has 9 nitrogen and oxygen atoms in total. The number of unbranched alkanes of at least 4 members (excludes halogenated alkanes) is 2. The van der Waals surface area contributed by atoms with Crippen LogP contribution >= 0.6 is 0 Å². The fraction of sp³-hybridized carbons (Fsp3) is 0.526. The first-order valence-corrected chi connectivity index (χ1v) is 9.28. The van der Waals surface area contributed by atoms with Crippen LogP contribution in [0.1, 0.15) is 38.3 Å². The molecule has 3 rings (SSSR count). The first kappa shape index (κ1) is 20.1. The number of nitrogen functional groups attached to an aromatic ring is 1. The van der Waals surface area contributed by atoms with Gasteiger partial charge in [0.25, 0.3) is 0 Å². The summed E-state index contributed by atoms with van der Waals surface area (Å²) in [6.07, 6.45) is 0.356. The van der Waals surface area contributed by atoms with Crippen LogP contribution in [-0.2, 0) is 19.9 Å². The molecule has 4 atom stereocenters. The van der Waals surface area contributed by atoms with E-state index >= 15 is 0 Å². The number of ether oxygens (including phenoxy) is 2. The van der Waals surface area contributed by atoms with Gasteiger partial charge in [-0.25, -0.2) is 4.52 Å². The van der Waals surface area contributed by atoms with E-state index in [-0.39, 0.29) is 18.7 Å². The molecule has 2 aromatic rings. The minimum absolute atomic E-state index is 0.237. The van der Waals surface area contributed by atoms with Gasteiger partial charge in [0.15, 0.2) is 0 Å². The first-order chi connectivity index (χ1) is 13.4. The van der Waals surface area contributed by atoms with Crippen LogP contribution in [0.2, 0.25) is 0 Å². The number of hydrogen-bond acceptors (Lipinski definition) is 8. The molecule has 0 saturated carbocycles. The lowest BCUT2D eigenvalue weighted by molar-refractivity contribution is -0.150. The minimum atomic E-state index is -1.87. The maximum absolute atomic E-state index is 11.8. The van der Waals surface area contributed by atoms with Crippen LogP contribution in [0.5, 0.6) is 0 Å². The average Bonchev–Trinajstić information content (AvgIpc) is 3.23. The van der Waals surface area contributed by atoms with Crippen molar-refractivity contribution in [1.82, 2.24) is 9.61 Å². The summed E-state index contributed by atoms with van der Waals surface area (Å²) in [6.45, 7) is 1.77. The highest BCUT2D eigenvalue weighted by molar-refractivity contribution is 5.70. The van der Waals surface area contributed by atoms with Crippen molar-refractivity contribution in [3.63, 3.8) is 0 Å². The molecule has 0 unspecified atom stereocenters. The third-order valence-electron chi connectivity index (χ3n) is 4.99. The molecular formula is C19H24N4O5. The molecule has 4 N–H and O–H groups in total. The van der Waals surface area contributed by atoms with Crippen molar-refractivity contribution in [3.05, 3.63) is 30.1 Å². The quantitative estimate of drug-likeness (QED) is 0.468. The van der Waals surface area contributed by atoms with Gasteiger partial charge in [0.2, 0.25) is 5.60 Å². The second-order valence-corrected chi connectivity index (χ2v) is 6.88. The number of aromatic nitrogens is 2. The Balaban J connectivity index is 1.80. The monoisotopic (exact) mass is 388 g/mol. The second-order valence-electron chi connectivity index (χ2n) is 6.88. The molecule has 3 heterocycles. The van der Waals surface area contributed by atoms with Gasteiger partial charge < -0.3 is 25.4 Å². The predicted octanol–water partition coefficient (Wildman–Crippen LogP) is 0.879. The number of nitrogens with two attached hydrogens (primary N) is 1. The number of aliphatic hydroxyl groups is 2. The van der Waals surface area contributed by atoms with E-state index in [0.29, 0.717) is 11.2 Å². The van der Waals surface area contributed by atoms with Crippen molar-refractivity contribution in [2.45, 2.75) is 56.5 Å². The van der Waals surface area contributed by atoms with E-state index in [1.807, 2.05) is 13.0 Å². The lowest BCUT2D eigenvalue weighted by Gasteiger charge is -2.24. The van der Waals surface area contributed by atoms with Crippen LogP contribution in [-0.4, -0.2) is 50.7 Å². The van der Waals surface area contributed by atoms with Gasteiger partial charge >= 0.3 is 5.97 Å². The third-order valence-corrected chi connectivity index (χ3v) is 4.99. The Bertz CT molecular complexity index is 892. The van der Waals surface area contributed by atoms with E-state index in [1.54, 1.807) is 18.2 Å². The van der Waals surface area contributed by atoms with E-state index in [1.165, 1.54) is 10.7 Å². The molecule has 1 fully saturated rings. The zero-order valence-electron chi connectivity index (χ0n) is 15.6. The number of carbonyl (C=O) groups is 1. The average molecular weight is 388 g/mol. The summed E-state index contributed by atoms with van der Waals surface area (Å²) in [5, 5.41) is 35.0. The number of nitriles is 1. The lowest BCUT2D eigenvalue weighted by atomic mass is 9.92. The van der Waals surface area contributed by atoms with Crippen LogP contribution < -0.4 is 5.73 Å². The number of fused-ring (bicyclic) bond motifs is 1. The van der Waals surface area contributed by atoms with E-state index in [9.17, 15) is 20.3 Å². The molecule has 1 aliphatic heterocycles. The van der Waals surface area contributed by atoms with Crippen LogP contribution in [0.3, 0.4) is 0 Å². The number of aliphatic hydroxyl groups excluding tert-OH is 2. The fourth-order valence-corrected chi connectivity index (χ4v) is 3.40. The SMILES string of the molecule is CCCCCC(=O)OC[C@H]1O[C@@](C#N)(c2ccc3c(N)ccnn23)[C@H](O)[C@@H]1O. The molecule has 0 aromatic carbocycles. The van der Waals surface area contributed by atoms with E-state index < -0.39 is 29.9 Å². The van der Waals surface area contributed by atoms with Gasteiger partial charge in [-0.15, -0.1) is 0 Å². The molecule has 1 saturated heterocycles. The first-order valence-electron chi connectivity index (χ1n) is 9.28. The molecule has 0 amide bonds. The molecule has 28 heavy (non-hydrogen) atoms. The Labute approximate surface area is 162 Å². The molecule has 1 aliphatic rings. The van der Waals surface area contributed by atoms with Crippen molar-refractivity contribution in [1.29, 1.82) is 5.26 Å². The predicted molar refractivity (Wildman–Crippen MR) is 98.9 cm³/mol. The smallest absolute Gasteiger partial charge is 0.305 e. The Kier molecular flexibility index (Phi) is 5.84. The van der Waals surface area contributed by atoms with Crippen molar-refractivity contribution in [2.24, 2.45) is 0 Å². The number of esters is 1. The van der Waals surface area contributed by atoms with Crippen LogP contribution in [0.25, 0.3) is 5.52 Å². The Morgan fingerprint density at radius 2 is 2.21 bits per heavy atom. The highest BCUT2D eigenvalue weighted by Gasteiger charge is 2.57. The Morgan fingerprint density at radius 3 is 2.93 bits per heavy atom. The van der Waals surface area contributed by atoms with Gasteiger partial charge in [0.1, 0.15) is 31.0 Å². The molecular weight excluding hydrogens is 364 g/mol. The summed E-state index contributed by atoms with van der Waals surface area (Å²) < 4.78 is 12.3. The molecule has 0 spiro atoms. The normalized spacial score (nSPS) is 27.0. The topological polar surface area (TPSA) is 143 Å². The molecule has 2 aromatic heterocycles.